The summed E-state index contributed by atoms with van der Waals surface area (Å²) in [7, 11) is -3.09. The third-order valence-corrected chi connectivity index (χ3v) is 8.08. The topological polar surface area (TPSA) is 144 Å². The minimum atomic E-state index is -4.99. The van der Waals surface area contributed by atoms with Crippen LogP contribution in [0, 0.1) is 5.82 Å². The van der Waals surface area contributed by atoms with Crippen molar-refractivity contribution in [3.8, 4) is 17.2 Å². The van der Waals surface area contributed by atoms with Gasteiger partial charge in [-0.3, -0.25) is 9.59 Å². The predicted octanol–water partition coefficient (Wildman–Crippen LogP) is 3.29. The molecule has 0 fully saturated rings. The van der Waals surface area contributed by atoms with E-state index in [-0.39, 0.29) is 5.56 Å². The predicted molar refractivity (Wildman–Crippen MR) is 136 cm³/mol. The molecule has 0 saturated heterocycles. The first-order chi connectivity index (χ1) is 20.4. The fourth-order valence-electron chi connectivity index (χ4n) is 4.13. The molecule has 4 rings (SSSR count). The van der Waals surface area contributed by atoms with Crippen molar-refractivity contribution in [1.29, 1.82) is 0 Å². The fourth-order valence-corrected chi connectivity index (χ4v) is 5.75. The van der Waals surface area contributed by atoms with Gasteiger partial charge in [-0.2, -0.15) is 13.2 Å². The van der Waals surface area contributed by atoms with Crippen LogP contribution in [0.5, 0.6) is 5.75 Å². The smallest absolute Gasteiger partial charge is 0.420 e. The summed E-state index contributed by atoms with van der Waals surface area (Å²) in [4.78, 5) is 26.5. The van der Waals surface area contributed by atoms with Crippen LogP contribution in [0.25, 0.3) is 11.5 Å². The highest BCUT2D eigenvalue weighted by molar-refractivity contribution is 7.91. The Morgan fingerprint density at radius 2 is 1.80 bits per heavy atom. The largest absolute Gasteiger partial charge is 0.573 e. The van der Waals surface area contributed by atoms with E-state index in [1.54, 1.807) is 0 Å². The minimum absolute atomic E-state index is 0.155. The molecule has 2 amide bonds. The van der Waals surface area contributed by atoms with Gasteiger partial charge >= 0.3 is 12.5 Å². The van der Waals surface area contributed by atoms with Crippen molar-refractivity contribution in [2.45, 2.75) is 49.4 Å². The molecule has 44 heavy (non-hydrogen) atoms. The summed E-state index contributed by atoms with van der Waals surface area (Å²) < 4.78 is 127. The van der Waals surface area contributed by atoms with E-state index in [1.807, 2.05) is 0 Å². The number of nitrogens with one attached hydrogen (secondary N) is 2. The third-order valence-electron chi connectivity index (χ3n) is 6.31. The molecule has 1 aliphatic rings. The molecule has 0 aliphatic carbocycles. The maximum absolute atomic E-state index is 15.3. The van der Waals surface area contributed by atoms with Gasteiger partial charge in [0.15, 0.2) is 9.84 Å². The molecule has 0 spiro atoms. The van der Waals surface area contributed by atoms with Gasteiger partial charge in [-0.1, -0.05) is 12.1 Å². The fraction of sp³-hybridized carbons (Fsp3) is 0.360. The van der Waals surface area contributed by atoms with Gasteiger partial charge in [0, 0.05) is 0 Å². The summed E-state index contributed by atoms with van der Waals surface area (Å²) in [6.07, 6.45) is -11.4. The van der Waals surface area contributed by atoms with Crippen LogP contribution in [-0.4, -0.2) is 67.9 Å². The van der Waals surface area contributed by atoms with E-state index in [1.165, 1.54) is 14.0 Å². The first-order valence-electron chi connectivity index (χ1n) is 12.5. The number of halogens is 7. The maximum Gasteiger partial charge on any atom is 0.573 e. The van der Waals surface area contributed by atoms with E-state index in [0.29, 0.717) is 6.07 Å². The van der Waals surface area contributed by atoms with Crippen LogP contribution in [0.3, 0.4) is 0 Å². The van der Waals surface area contributed by atoms with Gasteiger partial charge < -0.3 is 24.7 Å². The van der Waals surface area contributed by atoms with Crippen LogP contribution in [0.15, 0.2) is 45.7 Å². The summed E-state index contributed by atoms with van der Waals surface area (Å²) in [6.45, 7) is 0.928. The second-order valence-corrected chi connectivity index (χ2v) is 11.6. The van der Waals surface area contributed by atoms with Crippen molar-refractivity contribution in [3.05, 3.63) is 53.7 Å². The zero-order valence-corrected chi connectivity index (χ0v) is 23.4. The molecule has 2 heterocycles. The molecule has 0 bridgehead atoms. The van der Waals surface area contributed by atoms with E-state index in [4.69, 9.17) is 4.42 Å². The molecule has 3 aromatic rings. The summed E-state index contributed by atoms with van der Waals surface area (Å²) >= 11 is 0. The van der Waals surface area contributed by atoms with Gasteiger partial charge in [-0.15, -0.1) is 23.4 Å². The summed E-state index contributed by atoms with van der Waals surface area (Å²) in [5, 5.41) is 11.6. The Labute approximate surface area is 244 Å². The molecule has 19 heteroatoms. The number of nitrogens with zero attached hydrogens (tertiary/aromatic N) is 3. The van der Waals surface area contributed by atoms with Crippen molar-refractivity contribution >= 4 is 27.3 Å². The van der Waals surface area contributed by atoms with Crippen LogP contribution in [-0.2, 0) is 32.4 Å². The number of benzene rings is 2. The van der Waals surface area contributed by atoms with Crippen molar-refractivity contribution in [2.24, 2.45) is 0 Å². The quantitative estimate of drug-likeness (QED) is 0.350. The lowest BCUT2D eigenvalue weighted by molar-refractivity contribution is -0.274. The lowest BCUT2D eigenvalue weighted by Crippen LogP contribution is -2.54. The maximum atomic E-state index is 15.3. The van der Waals surface area contributed by atoms with Crippen molar-refractivity contribution in [2.75, 3.05) is 17.7 Å². The van der Waals surface area contributed by atoms with Gasteiger partial charge in [-0.05, 0) is 43.8 Å². The van der Waals surface area contributed by atoms with Crippen LogP contribution in [0.1, 0.15) is 18.4 Å². The zero-order chi connectivity index (χ0) is 32.6. The minimum Gasteiger partial charge on any atom is -0.420 e. The number of alkyl halides is 6. The molecule has 2 aromatic carbocycles. The number of rotatable bonds is 8. The third kappa shape index (κ3) is 7.62. The molecule has 1 aliphatic heterocycles. The van der Waals surface area contributed by atoms with Crippen molar-refractivity contribution < 1.29 is 57.9 Å². The number of hydrogen-bond donors (Lipinski definition) is 2. The van der Waals surface area contributed by atoms with Crippen molar-refractivity contribution in [1.82, 2.24) is 20.8 Å². The van der Waals surface area contributed by atoms with E-state index >= 15 is 4.39 Å². The van der Waals surface area contributed by atoms with Gasteiger partial charge in [0.1, 0.15) is 24.0 Å². The molecular formula is C25H22F7N5O6S. The van der Waals surface area contributed by atoms with Gasteiger partial charge in [0.25, 0.3) is 11.8 Å². The molecule has 238 valence electrons. The number of fused-ring (bicyclic) bond motifs is 1. The Balaban J connectivity index is 1.82. The highest BCUT2D eigenvalue weighted by atomic mass is 32.2. The Kier molecular flexibility index (Phi) is 8.92. The molecular weight excluding hydrogens is 631 g/mol. The lowest BCUT2D eigenvalue weighted by Gasteiger charge is -2.26. The zero-order valence-electron chi connectivity index (χ0n) is 22.6. The Morgan fingerprint density at radius 3 is 2.39 bits per heavy atom. The molecule has 1 aromatic heterocycles. The number of likely N-dealkylation sites (N-methyl/N-ethyl adjacent to an activating group) is 1. The molecule has 0 saturated carbocycles. The second-order valence-electron chi connectivity index (χ2n) is 9.56. The number of anilines is 1. The average Bonchev–Trinajstić information content (AvgIpc) is 3.34. The van der Waals surface area contributed by atoms with E-state index < -0.39 is 104 Å². The molecule has 0 radical (unpaired) electrons. The Morgan fingerprint density at radius 1 is 1.14 bits per heavy atom. The number of hydrogen-bond acceptors (Lipinski definition) is 9. The lowest BCUT2D eigenvalue weighted by atomic mass is 10.1. The van der Waals surface area contributed by atoms with E-state index in [9.17, 15) is 44.3 Å². The second kappa shape index (κ2) is 12.0. The first-order valence-corrected chi connectivity index (χ1v) is 14.1. The normalized spacial score (nSPS) is 17.5. The van der Waals surface area contributed by atoms with E-state index in [0.717, 1.165) is 35.2 Å². The number of sulfone groups is 1. The first kappa shape index (κ1) is 32.6. The van der Waals surface area contributed by atoms with E-state index in [2.05, 4.69) is 25.6 Å². The highest BCUT2D eigenvalue weighted by Crippen LogP contribution is 2.37. The SMILES string of the molecule is CNC(C)C(=O)N[C@H]1CS(=O)(=O)c2cc(F)c(-c3nnc(CC(F)(F)F)o3)cc2N(Cc2ccc(OC(F)(F)F)cc2)C1=O. The number of carbonyl (C=O) groups is 2. The Hall–Kier alpha value is -4.26. The van der Waals surface area contributed by atoms with Crippen molar-refractivity contribution in [3.63, 3.8) is 0 Å². The molecule has 2 atom stereocenters. The number of carbonyl (C=O) groups excluding carboxylic acids is 2. The summed E-state index contributed by atoms with van der Waals surface area (Å²) in [5.41, 5.74) is -0.947. The van der Waals surface area contributed by atoms with Crippen LogP contribution >= 0.6 is 0 Å². The van der Waals surface area contributed by atoms with Crippen LogP contribution < -0.4 is 20.3 Å². The van der Waals surface area contributed by atoms with Gasteiger partial charge in [0.2, 0.25) is 11.8 Å². The molecule has 11 nitrogen and oxygen atoms in total. The van der Waals surface area contributed by atoms with Crippen LogP contribution in [0.2, 0.25) is 0 Å². The summed E-state index contributed by atoms with van der Waals surface area (Å²) in [5.74, 6) is -6.29. The monoisotopic (exact) mass is 653 g/mol. The molecule has 2 N–H and O–H groups in total. The summed E-state index contributed by atoms with van der Waals surface area (Å²) in [6, 6.07) is 2.95. The standard InChI is InChI=1S/C25H22F7N5O6S/c1-12(33-2)21(38)34-17-11-44(40,41)19-8-16(26)15(22-36-35-20(42-22)9-24(27,28)29)7-18(19)37(23(17)39)10-13-3-5-14(6-4-13)43-25(30,31)32/h3-8,12,17,33H,9-11H2,1-2H3,(H,34,38)/t12?,17-/m0/s1. The number of aromatic nitrogens is 2. The van der Waals surface area contributed by atoms with Gasteiger partial charge in [-0.25, -0.2) is 12.8 Å². The van der Waals surface area contributed by atoms with Gasteiger partial charge in [0.05, 0.1) is 34.5 Å². The highest BCUT2D eigenvalue weighted by Gasteiger charge is 2.40. The van der Waals surface area contributed by atoms with Crippen LogP contribution in [0.4, 0.5) is 36.4 Å². The number of ether oxygens (including phenoxy) is 1. The Bertz CT molecular complexity index is 1660. The average molecular weight is 654 g/mol. The number of amides is 2. The molecule has 1 unspecified atom stereocenters.